The van der Waals surface area contributed by atoms with Crippen molar-refractivity contribution in [1.82, 2.24) is 15.5 Å². The first-order valence-electron chi connectivity index (χ1n) is 26.6. The Morgan fingerprint density at radius 2 is 0.873 bits per heavy atom. The van der Waals surface area contributed by atoms with Crippen molar-refractivity contribution < 1.29 is 23.3 Å². The molecule has 2 unspecified atom stereocenters. The quantitative estimate of drug-likeness (QED) is 0.0458. The molecule has 1 heterocycles. The van der Waals surface area contributed by atoms with Crippen LogP contribution >= 0.6 is 0 Å². The molecule has 1 rings (SSSR count). The van der Waals surface area contributed by atoms with Crippen molar-refractivity contribution in [3.8, 4) is 0 Å². The molecule has 0 bridgehead atoms. The Balaban J connectivity index is 0. The summed E-state index contributed by atoms with van der Waals surface area (Å²) in [4.78, 5) is 23.3. The van der Waals surface area contributed by atoms with Crippen LogP contribution in [-0.2, 0) is 30.2 Å². The molecule has 0 aromatic rings. The van der Waals surface area contributed by atoms with Crippen LogP contribution in [0.1, 0.15) is 252 Å². The largest absolute Gasteiger partial charge is 0.381 e. The van der Waals surface area contributed by atoms with Gasteiger partial charge in [-0.1, -0.05) is 182 Å². The summed E-state index contributed by atoms with van der Waals surface area (Å²) < 4.78 is 30.3. The van der Waals surface area contributed by atoms with Gasteiger partial charge in [0.25, 0.3) is 11.2 Å². The third kappa shape index (κ3) is 45.3. The van der Waals surface area contributed by atoms with Gasteiger partial charge < -0.3 is 34.6 Å². The molecule has 0 saturated heterocycles. The Morgan fingerprint density at radius 1 is 0.508 bits per heavy atom. The number of rotatable bonds is 44. The second kappa shape index (κ2) is 52.9. The summed E-state index contributed by atoms with van der Waals surface area (Å²) in [5.74, 6) is 1.14. The minimum absolute atomic E-state index is 0.506. The maximum Gasteiger partial charge on any atom is 0.269 e. The number of unbranched alkanes of at least 4 members (excludes halogenated alkanes) is 25. The maximum absolute atomic E-state index is 11.4. The molecular weight excluding hydrogens is 807 g/mol. The predicted molar refractivity (Wildman–Crippen MR) is 275 cm³/mol. The summed E-state index contributed by atoms with van der Waals surface area (Å²) in [7, 11) is 5.46. The average Bonchev–Trinajstić information content (AvgIpc) is 3.67. The molecule has 0 aromatic carbocycles. The van der Waals surface area contributed by atoms with E-state index < -0.39 is 11.2 Å². The average molecular weight is 913 g/mol. The van der Waals surface area contributed by atoms with Crippen molar-refractivity contribution in [3.05, 3.63) is 0 Å². The molecule has 1 aliphatic heterocycles. The highest BCUT2D eigenvalue weighted by molar-refractivity contribution is 7.83. The van der Waals surface area contributed by atoms with Crippen molar-refractivity contribution in [2.45, 2.75) is 265 Å². The molecule has 0 saturated carbocycles. The first-order chi connectivity index (χ1) is 30.9. The lowest BCUT2D eigenvalue weighted by molar-refractivity contribution is -0.108. The second-order valence-electron chi connectivity index (χ2n) is 17.7. The number of nitrogens with one attached hydrogen (secondary N) is 2. The molecule has 0 amide bonds. The number of carbonyl (C=O) groups is 2. The van der Waals surface area contributed by atoms with Gasteiger partial charge in [0.2, 0.25) is 0 Å². The minimum atomic E-state index is -1.51. The zero-order valence-electron chi connectivity index (χ0n) is 42.7. The smallest absolute Gasteiger partial charge is 0.269 e. The maximum atomic E-state index is 11.4. The van der Waals surface area contributed by atoms with E-state index in [1.54, 1.807) is 7.05 Å². The van der Waals surface area contributed by atoms with Crippen LogP contribution in [0.15, 0.2) is 8.80 Å². The number of nitrogens with zero attached hydrogens (tertiary/aromatic N) is 3. The van der Waals surface area contributed by atoms with Gasteiger partial charge in [-0.25, -0.2) is 4.21 Å². The number of hydrogen-bond donors (Lipinski definition) is 2. The number of carbonyl (C=O) groups excluding carboxylic acids is 2. The van der Waals surface area contributed by atoms with E-state index in [9.17, 15) is 13.8 Å². The zero-order chi connectivity index (χ0) is 46.7. The normalized spacial score (nSPS) is 13.8. The summed E-state index contributed by atoms with van der Waals surface area (Å²) in [5, 5.41) is 6.15. The number of aldehydes is 2. The Hall–Kier alpha value is -1.69. The first kappa shape index (κ1) is 63.4. The van der Waals surface area contributed by atoms with Crippen molar-refractivity contribution in [1.29, 1.82) is 0 Å². The Morgan fingerprint density at radius 3 is 1.27 bits per heavy atom. The van der Waals surface area contributed by atoms with E-state index in [0.29, 0.717) is 36.7 Å². The lowest BCUT2D eigenvalue weighted by Crippen LogP contribution is -2.38. The highest BCUT2D eigenvalue weighted by Gasteiger charge is 2.17. The number of methoxy groups -OCH3 is 2. The minimum Gasteiger partial charge on any atom is -0.381 e. The Bertz CT molecular complexity index is 1010. The van der Waals surface area contributed by atoms with Crippen LogP contribution in [0, 0.1) is 0 Å². The summed E-state index contributed by atoms with van der Waals surface area (Å²) in [6.07, 6.45) is 46.9. The molecular formula is C52H105N5O5S. The number of ether oxygens (including phenoxy) is 2. The molecule has 10 nitrogen and oxygen atoms in total. The standard InChI is InChI=1S/C22H41N5O3S.C18H38O.C12H26O/c1-23-21-22(26-31(30)25-21)24-15-14-18-27(16-10-6-2-4-8-12-19-28)17-11-7-3-5-9-13-20-29;1-4-6-8-10-12-14-16-18(19-3)17-15-13-11-9-7-5-2;1-4-6-7-8-9-10-11-12(5-2)13-3/h19-20H,2-18H2,1H3,(H,23,25)(H,24,26);18H,4-17H2,1-3H3;12H,4-11H2,1-3H3. The molecule has 11 heteroatoms. The third-order valence-corrected chi connectivity index (χ3v) is 12.8. The SMILES string of the molecule is CCCCCCCCC(CC)OC.CCCCCCCCC(CCCCCCCC)OC.CNC1=NS(=O)N=C1NCCCN(CCCCCCCC=O)CCCCCCCC=O. The Labute approximate surface area is 393 Å². The topological polar surface area (TPSA) is 122 Å². The van der Waals surface area contributed by atoms with Gasteiger partial charge in [0.05, 0.1) is 12.2 Å². The molecule has 63 heavy (non-hydrogen) atoms. The fourth-order valence-electron chi connectivity index (χ4n) is 7.90. The Kier molecular flexibility index (Phi) is 53.3. The van der Waals surface area contributed by atoms with Gasteiger partial charge in [-0.05, 0) is 77.4 Å². The monoisotopic (exact) mass is 912 g/mol. The predicted octanol–water partition coefficient (Wildman–Crippen LogP) is 13.6. The fourth-order valence-corrected chi connectivity index (χ4v) is 8.58. The van der Waals surface area contributed by atoms with E-state index in [1.165, 1.54) is 173 Å². The molecule has 0 fully saturated rings. The summed E-state index contributed by atoms with van der Waals surface area (Å²) in [6.45, 7) is 13.0. The van der Waals surface area contributed by atoms with Crippen LogP contribution in [0.2, 0.25) is 0 Å². The molecule has 0 aromatic heterocycles. The van der Waals surface area contributed by atoms with Gasteiger partial charge in [0.1, 0.15) is 12.6 Å². The van der Waals surface area contributed by atoms with E-state index in [2.05, 4.69) is 52.0 Å². The van der Waals surface area contributed by atoms with Gasteiger partial charge in [0, 0.05) is 40.7 Å². The molecule has 0 aliphatic carbocycles. The van der Waals surface area contributed by atoms with Crippen LogP contribution in [0.25, 0.3) is 0 Å². The number of hydrogen-bond acceptors (Lipinski definition) is 8. The summed E-state index contributed by atoms with van der Waals surface area (Å²) in [5.41, 5.74) is 0. The second-order valence-corrected chi connectivity index (χ2v) is 18.5. The molecule has 1 aliphatic rings. The molecule has 0 spiro atoms. The van der Waals surface area contributed by atoms with Crippen LogP contribution in [0.3, 0.4) is 0 Å². The van der Waals surface area contributed by atoms with Gasteiger partial charge in [0.15, 0.2) is 11.7 Å². The van der Waals surface area contributed by atoms with Crippen molar-refractivity contribution in [2.75, 3.05) is 47.4 Å². The van der Waals surface area contributed by atoms with Gasteiger partial charge in [-0.3, -0.25) is 0 Å². The van der Waals surface area contributed by atoms with E-state index in [-0.39, 0.29) is 0 Å². The van der Waals surface area contributed by atoms with E-state index in [1.807, 2.05) is 14.2 Å². The van der Waals surface area contributed by atoms with Crippen LogP contribution < -0.4 is 10.6 Å². The molecule has 2 N–H and O–H groups in total. The number of likely N-dealkylation sites (N-methyl/N-ethyl adjacent to an activating group) is 1. The number of amidine groups is 2. The van der Waals surface area contributed by atoms with E-state index in [4.69, 9.17) is 9.47 Å². The third-order valence-electron chi connectivity index (χ3n) is 12.1. The van der Waals surface area contributed by atoms with Crippen molar-refractivity contribution in [2.24, 2.45) is 8.80 Å². The van der Waals surface area contributed by atoms with Gasteiger partial charge >= 0.3 is 0 Å². The highest BCUT2D eigenvalue weighted by Crippen LogP contribution is 2.17. The lowest BCUT2D eigenvalue weighted by atomic mass is 10.0. The van der Waals surface area contributed by atoms with Gasteiger partial charge in [-0.2, -0.15) is 0 Å². The van der Waals surface area contributed by atoms with Crippen LogP contribution in [-0.4, -0.2) is 93.0 Å². The van der Waals surface area contributed by atoms with Crippen LogP contribution in [0.4, 0.5) is 0 Å². The van der Waals surface area contributed by atoms with Crippen LogP contribution in [0.5, 0.6) is 0 Å². The molecule has 2 atom stereocenters. The van der Waals surface area contributed by atoms with Crippen molar-refractivity contribution >= 4 is 35.4 Å². The first-order valence-corrected chi connectivity index (χ1v) is 27.6. The highest BCUT2D eigenvalue weighted by atomic mass is 32.2. The fraction of sp³-hybridized carbons (Fsp3) is 0.923. The van der Waals surface area contributed by atoms with Gasteiger partial charge in [-0.15, -0.1) is 8.80 Å². The van der Waals surface area contributed by atoms with E-state index in [0.717, 1.165) is 77.3 Å². The summed E-state index contributed by atoms with van der Waals surface area (Å²) >= 11 is -1.51. The zero-order valence-corrected chi connectivity index (χ0v) is 43.5. The summed E-state index contributed by atoms with van der Waals surface area (Å²) in [6, 6.07) is 0. The molecule has 374 valence electrons. The van der Waals surface area contributed by atoms with Crippen molar-refractivity contribution in [3.63, 3.8) is 0 Å². The molecule has 0 radical (unpaired) electrons. The lowest BCUT2D eigenvalue weighted by Gasteiger charge is -2.22. The van der Waals surface area contributed by atoms with E-state index >= 15 is 0 Å².